The van der Waals surface area contributed by atoms with Crippen LogP contribution in [0.5, 0.6) is 17.2 Å². The molecule has 8 rings (SSSR count). The molecule has 0 saturated heterocycles. The highest BCUT2D eigenvalue weighted by Gasteiger charge is 2.35. The minimum Gasteiger partial charge on any atom is -0.491 e. The van der Waals surface area contributed by atoms with Gasteiger partial charge in [-0.1, -0.05) is 12.2 Å². The van der Waals surface area contributed by atoms with Gasteiger partial charge in [0.25, 0.3) is 5.91 Å². The highest BCUT2D eigenvalue weighted by Crippen LogP contribution is 2.41. The lowest BCUT2D eigenvalue weighted by atomic mass is 9.93. The molecule has 1 amide bonds. The third kappa shape index (κ3) is 8.49. The first-order chi connectivity index (χ1) is 22.8. The number of carbonyl (C=O) groups excluding carboxylic acids is 1. The molecule has 9 bridgehead atoms. The molecule has 1 unspecified atom stereocenters. The zero-order chi connectivity index (χ0) is 32.6. The quantitative estimate of drug-likeness (QED) is 0.212. The van der Waals surface area contributed by atoms with Gasteiger partial charge in [-0.25, -0.2) is 4.98 Å². The lowest BCUT2D eigenvalue weighted by Gasteiger charge is -2.22. The Morgan fingerprint density at radius 1 is 0.809 bits per heavy atom. The summed E-state index contributed by atoms with van der Waals surface area (Å²) in [4.78, 5) is 17.7. The van der Waals surface area contributed by atoms with Gasteiger partial charge in [0.15, 0.2) is 0 Å². The summed E-state index contributed by atoms with van der Waals surface area (Å²) in [6.45, 7) is 8.80. The molecule has 5 heterocycles. The van der Waals surface area contributed by atoms with Crippen molar-refractivity contribution in [3.8, 4) is 28.7 Å². The normalized spacial score (nSPS) is 20.1. The van der Waals surface area contributed by atoms with Crippen LogP contribution < -0.4 is 19.5 Å². The fourth-order valence-corrected chi connectivity index (χ4v) is 5.58. The summed E-state index contributed by atoms with van der Waals surface area (Å²) < 4.78 is 35.0. The van der Waals surface area contributed by atoms with Crippen molar-refractivity contribution in [1.82, 2.24) is 4.98 Å². The molecule has 0 aliphatic carbocycles. The van der Waals surface area contributed by atoms with E-state index in [1.165, 1.54) is 0 Å². The number of amides is 1. The van der Waals surface area contributed by atoms with Crippen LogP contribution >= 0.6 is 0 Å². The number of fused-ring (bicyclic) bond motifs is 2. The molecule has 9 heteroatoms. The van der Waals surface area contributed by atoms with Crippen LogP contribution in [-0.4, -0.2) is 56.1 Å². The van der Waals surface area contributed by atoms with E-state index in [2.05, 4.69) is 36.3 Å². The number of hydrogen-bond donors (Lipinski definition) is 1. The number of ether oxygens (including phenoxy) is 5. The molecule has 0 radical (unpaired) electrons. The maximum absolute atomic E-state index is 13.0. The maximum Gasteiger partial charge on any atom is 0.255 e. The molecule has 4 aliphatic rings. The molecule has 244 valence electrons. The van der Waals surface area contributed by atoms with Gasteiger partial charge in [0.2, 0.25) is 5.89 Å². The molecule has 0 fully saturated rings. The lowest BCUT2D eigenvalue weighted by molar-refractivity contribution is 0.0273. The van der Waals surface area contributed by atoms with Crippen LogP contribution in [0.25, 0.3) is 17.5 Å². The Morgan fingerprint density at radius 3 is 2.13 bits per heavy atom. The second-order valence-corrected chi connectivity index (χ2v) is 12.0. The number of carbonyl (C=O) groups is 1. The van der Waals surface area contributed by atoms with Crippen molar-refractivity contribution >= 4 is 17.7 Å². The first-order valence-corrected chi connectivity index (χ1v) is 15.9. The molecular formula is C38H40N2O7. The van der Waals surface area contributed by atoms with Crippen LogP contribution in [0.3, 0.4) is 0 Å². The largest absolute Gasteiger partial charge is 0.491 e. The fraction of sp³-hybridized carbons (Fsp3) is 0.316. The number of hydrogen-bond acceptors (Lipinski definition) is 8. The number of anilines is 1. The zero-order valence-corrected chi connectivity index (χ0v) is 27.0. The predicted molar refractivity (Wildman–Crippen MR) is 180 cm³/mol. The molecule has 4 aliphatic heterocycles. The van der Waals surface area contributed by atoms with Crippen LogP contribution in [0.2, 0.25) is 0 Å². The van der Waals surface area contributed by atoms with Gasteiger partial charge in [-0.15, -0.1) is 0 Å². The third-order valence-corrected chi connectivity index (χ3v) is 8.01. The van der Waals surface area contributed by atoms with Crippen LogP contribution in [0.1, 0.15) is 47.4 Å². The van der Waals surface area contributed by atoms with Crippen molar-refractivity contribution in [1.29, 1.82) is 0 Å². The molecule has 4 aromatic rings. The van der Waals surface area contributed by atoms with Crippen LogP contribution in [0.4, 0.5) is 5.69 Å². The van der Waals surface area contributed by atoms with E-state index in [1.807, 2.05) is 49.4 Å². The van der Waals surface area contributed by atoms with E-state index in [1.54, 1.807) is 30.5 Å². The van der Waals surface area contributed by atoms with E-state index in [0.717, 1.165) is 52.3 Å². The van der Waals surface area contributed by atoms with Gasteiger partial charge in [0, 0.05) is 41.3 Å². The van der Waals surface area contributed by atoms with Crippen molar-refractivity contribution in [3.05, 3.63) is 107 Å². The molecule has 1 aromatic heterocycles. The molecule has 0 saturated carbocycles. The molecule has 1 atom stereocenters. The molecule has 47 heavy (non-hydrogen) atoms. The van der Waals surface area contributed by atoms with Gasteiger partial charge in [0.1, 0.15) is 48.0 Å². The van der Waals surface area contributed by atoms with E-state index < -0.39 is 5.60 Å². The van der Waals surface area contributed by atoms with Crippen molar-refractivity contribution in [2.45, 2.75) is 39.2 Å². The Hall–Kier alpha value is -4.86. The Kier molecular flexibility index (Phi) is 10.0. The van der Waals surface area contributed by atoms with Crippen LogP contribution in [-0.2, 0) is 15.9 Å². The highest BCUT2D eigenvalue weighted by atomic mass is 16.6. The number of nitrogens with zero attached hydrogens (tertiary/aromatic N) is 1. The van der Waals surface area contributed by atoms with Crippen LogP contribution in [0.15, 0.2) is 89.1 Å². The Labute approximate surface area is 275 Å². The summed E-state index contributed by atoms with van der Waals surface area (Å²) in [5.74, 6) is 2.56. The standard InChI is InChI=1S/C38H40N2O7/c1-26-5-4-14-38(3)24-34-27(2)22-30(23-35(34)47-38)39-36(41)28-6-10-32(11-7-28)44-19-17-42-15-16-43-18-20-45-33-12-8-29(9-13-33)37-40-31(21-26)25-46-37/h4-13,21-23,25H,14-20,24H2,1-3H3,(H,39,41)/b5-4-,26-21?. The Bertz CT molecular complexity index is 1740. The monoisotopic (exact) mass is 636 g/mol. The third-order valence-electron chi connectivity index (χ3n) is 8.01. The number of allylic oxidation sites excluding steroid dienone is 2. The smallest absolute Gasteiger partial charge is 0.255 e. The van der Waals surface area contributed by atoms with E-state index >= 15 is 0 Å². The van der Waals surface area contributed by atoms with Crippen molar-refractivity contribution in [2.75, 3.05) is 45.0 Å². The average molecular weight is 637 g/mol. The van der Waals surface area contributed by atoms with E-state index in [9.17, 15) is 4.79 Å². The van der Waals surface area contributed by atoms with Crippen LogP contribution in [0, 0.1) is 6.92 Å². The zero-order valence-electron chi connectivity index (χ0n) is 27.0. The van der Waals surface area contributed by atoms with Gasteiger partial charge < -0.3 is 33.4 Å². The van der Waals surface area contributed by atoms with Gasteiger partial charge >= 0.3 is 0 Å². The number of oxazole rings is 1. The fourth-order valence-electron chi connectivity index (χ4n) is 5.58. The molecule has 3 aromatic carbocycles. The molecule has 0 spiro atoms. The maximum atomic E-state index is 13.0. The van der Waals surface area contributed by atoms with Crippen molar-refractivity contribution < 1.29 is 32.9 Å². The Balaban J connectivity index is 1.15. The number of nitrogens with one attached hydrogen (secondary N) is 1. The number of rotatable bonds is 0. The van der Waals surface area contributed by atoms with Gasteiger partial charge in [0.05, 0.1) is 26.4 Å². The van der Waals surface area contributed by atoms with Crippen molar-refractivity contribution in [2.24, 2.45) is 0 Å². The summed E-state index contributed by atoms with van der Waals surface area (Å²) in [7, 11) is 0. The summed E-state index contributed by atoms with van der Waals surface area (Å²) in [6, 6.07) is 18.6. The Morgan fingerprint density at radius 2 is 1.45 bits per heavy atom. The summed E-state index contributed by atoms with van der Waals surface area (Å²) in [5.41, 5.74) is 5.74. The number of aryl methyl sites for hydroxylation is 1. The van der Waals surface area contributed by atoms with E-state index in [0.29, 0.717) is 62.5 Å². The molecular weight excluding hydrogens is 596 g/mol. The summed E-state index contributed by atoms with van der Waals surface area (Å²) in [5, 5.41) is 3.02. The SMILES string of the molecule is CC1=Cc2coc(n2)-c2ccc(cc2)OCCOCCOCCOc2ccc(cc2)C(=O)Nc2cc(C)c3c(c2)OC(C)(C/C=C\1)C3. The van der Waals surface area contributed by atoms with Crippen molar-refractivity contribution in [3.63, 3.8) is 0 Å². The average Bonchev–Trinajstić information content (AvgIpc) is 3.66. The first kappa shape index (κ1) is 32.1. The summed E-state index contributed by atoms with van der Waals surface area (Å²) in [6.07, 6.45) is 9.36. The van der Waals surface area contributed by atoms with Gasteiger partial charge in [-0.05, 0) is 92.6 Å². The highest BCUT2D eigenvalue weighted by molar-refractivity contribution is 6.04. The second kappa shape index (κ2) is 14.7. The molecule has 9 nitrogen and oxygen atoms in total. The number of aromatic nitrogens is 1. The van der Waals surface area contributed by atoms with E-state index in [4.69, 9.17) is 28.1 Å². The summed E-state index contributed by atoms with van der Waals surface area (Å²) >= 11 is 0. The minimum atomic E-state index is -0.394. The number of benzene rings is 3. The lowest BCUT2D eigenvalue weighted by Crippen LogP contribution is -2.29. The predicted octanol–water partition coefficient (Wildman–Crippen LogP) is 7.45. The van der Waals surface area contributed by atoms with E-state index in [-0.39, 0.29) is 5.91 Å². The molecule has 1 N–H and O–H groups in total. The first-order valence-electron chi connectivity index (χ1n) is 15.9. The second-order valence-electron chi connectivity index (χ2n) is 12.0. The topological polar surface area (TPSA) is 101 Å². The van der Waals surface area contributed by atoms with Gasteiger partial charge in [-0.2, -0.15) is 0 Å². The van der Waals surface area contributed by atoms with Gasteiger partial charge in [-0.3, -0.25) is 4.79 Å². The minimum absolute atomic E-state index is 0.200.